The van der Waals surface area contributed by atoms with E-state index in [0.29, 0.717) is 16.3 Å². The second kappa shape index (κ2) is 4.38. The maximum Gasteiger partial charge on any atom is 0.278 e. The van der Waals surface area contributed by atoms with Gasteiger partial charge in [0.1, 0.15) is 5.01 Å². The number of thiazole rings is 1. The Bertz CT molecular complexity index is 524. The van der Waals surface area contributed by atoms with Gasteiger partial charge in [0.25, 0.3) is 5.69 Å². The Hall–Kier alpha value is -1.79. The third kappa shape index (κ3) is 1.93. The first-order chi connectivity index (χ1) is 7.72. The van der Waals surface area contributed by atoms with E-state index in [-0.39, 0.29) is 12.3 Å². The number of rotatable bonds is 3. The maximum atomic E-state index is 10.8. The second-order valence-corrected chi connectivity index (χ2v) is 4.00. The molecular formula is C10H8N2O3S. The first-order valence-corrected chi connectivity index (χ1v) is 5.39. The second-order valence-electron chi connectivity index (χ2n) is 3.06. The lowest BCUT2D eigenvalue weighted by Gasteiger charge is -1.98. The van der Waals surface area contributed by atoms with E-state index in [1.807, 2.05) is 0 Å². The fourth-order valence-corrected chi connectivity index (χ4v) is 2.01. The van der Waals surface area contributed by atoms with Gasteiger partial charge in [0.15, 0.2) is 0 Å². The predicted octanol–water partition coefficient (Wildman–Crippen LogP) is 2.21. The van der Waals surface area contributed by atoms with Crippen molar-refractivity contribution in [3.05, 3.63) is 44.8 Å². The number of nitro benzene ring substituents is 1. The van der Waals surface area contributed by atoms with Crippen molar-refractivity contribution in [3.8, 4) is 11.3 Å². The SMILES string of the molecule is O=[N+]([O-])c1ccccc1-c1csc(CO)n1. The number of nitro groups is 1. The molecule has 0 amide bonds. The zero-order valence-electron chi connectivity index (χ0n) is 8.16. The molecule has 1 N–H and O–H groups in total. The lowest BCUT2D eigenvalue weighted by Crippen LogP contribution is -1.91. The highest BCUT2D eigenvalue weighted by Gasteiger charge is 2.16. The van der Waals surface area contributed by atoms with Crippen LogP contribution in [0, 0.1) is 10.1 Å². The Morgan fingerprint density at radius 2 is 2.19 bits per heavy atom. The highest BCUT2D eigenvalue weighted by molar-refractivity contribution is 7.09. The van der Waals surface area contributed by atoms with E-state index in [1.54, 1.807) is 23.6 Å². The molecule has 0 saturated heterocycles. The van der Waals surface area contributed by atoms with Gasteiger partial charge in [-0.3, -0.25) is 10.1 Å². The van der Waals surface area contributed by atoms with Crippen molar-refractivity contribution in [3.63, 3.8) is 0 Å². The Kier molecular flexibility index (Phi) is 2.93. The van der Waals surface area contributed by atoms with Gasteiger partial charge in [-0.05, 0) is 6.07 Å². The molecule has 0 aliphatic rings. The Morgan fingerprint density at radius 1 is 1.44 bits per heavy atom. The zero-order chi connectivity index (χ0) is 11.5. The molecule has 0 bridgehead atoms. The molecule has 2 aromatic rings. The van der Waals surface area contributed by atoms with Gasteiger partial charge in [0, 0.05) is 11.4 Å². The van der Waals surface area contributed by atoms with Crippen LogP contribution < -0.4 is 0 Å². The Balaban J connectivity index is 2.50. The molecule has 0 atom stereocenters. The van der Waals surface area contributed by atoms with E-state index in [1.165, 1.54) is 17.4 Å². The number of benzene rings is 1. The summed E-state index contributed by atoms with van der Waals surface area (Å²) in [6.07, 6.45) is 0. The summed E-state index contributed by atoms with van der Waals surface area (Å²) in [5.41, 5.74) is 1.03. The highest BCUT2D eigenvalue weighted by atomic mass is 32.1. The van der Waals surface area contributed by atoms with E-state index < -0.39 is 4.92 Å². The number of hydrogen-bond acceptors (Lipinski definition) is 5. The number of hydrogen-bond donors (Lipinski definition) is 1. The van der Waals surface area contributed by atoms with Crippen LogP contribution in [-0.4, -0.2) is 15.0 Å². The first-order valence-electron chi connectivity index (χ1n) is 4.51. The van der Waals surface area contributed by atoms with Crippen molar-refractivity contribution in [2.45, 2.75) is 6.61 Å². The fourth-order valence-electron chi connectivity index (χ4n) is 1.36. The molecule has 16 heavy (non-hydrogen) atoms. The van der Waals surface area contributed by atoms with Crippen molar-refractivity contribution in [1.29, 1.82) is 0 Å². The van der Waals surface area contributed by atoms with E-state index >= 15 is 0 Å². The molecule has 0 spiro atoms. The summed E-state index contributed by atoms with van der Waals surface area (Å²) in [5, 5.41) is 21.9. The molecule has 82 valence electrons. The van der Waals surface area contributed by atoms with Crippen molar-refractivity contribution in [2.24, 2.45) is 0 Å². The minimum atomic E-state index is -0.437. The van der Waals surface area contributed by atoms with Crippen LogP contribution in [0.5, 0.6) is 0 Å². The molecule has 0 saturated carbocycles. The van der Waals surface area contributed by atoms with Crippen LogP contribution in [0.2, 0.25) is 0 Å². The van der Waals surface area contributed by atoms with Crippen LogP contribution in [0.1, 0.15) is 5.01 Å². The maximum absolute atomic E-state index is 10.8. The topological polar surface area (TPSA) is 76.3 Å². The zero-order valence-corrected chi connectivity index (χ0v) is 8.98. The monoisotopic (exact) mass is 236 g/mol. The predicted molar refractivity (Wildman–Crippen MR) is 60.1 cm³/mol. The summed E-state index contributed by atoms with van der Waals surface area (Å²) < 4.78 is 0. The standard InChI is InChI=1S/C10H8N2O3S/c13-5-10-11-8(6-16-10)7-3-1-2-4-9(7)12(14)15/h1-4,6,13H,5H2. The quantitative estimate of drug-likeness (QED) is 0.654. The van der Waals surface area contributed by atoms with Crippen molar-refractivity contribution < 1.29 is 10.0 Å². The molecule has 0 radical (unpaired) electrons. The Labute approximate surface area is 95.2 Å². The first kappa shape index (κ1) is 10.7. The van der Waals surface area contributed by atoms with Gasteiger partial charge in [-0.15, -0.1) is 11.3 Å². The largest absolute Gasteiger partial charge is 0.389 e. The van der Waals surface area contributed by atoms with Gasteiger partial charge in [-0.2, -0.15) is 0 Å². The molecular weight excluding hydrogens is 228 g/mol. The molecule has 2 rings (SSSR count). The third-order valence-electron chi connectivity index (χ3n) is 2.06. The normalized spacial score (nSPS) is 10.3. The van der Waals surface area contributed by atoms with Crippen molar-refractivity contribution in [2.75, 3.05) is 0 Å². The van der Waals surface area contributed by atoms with Gasteiger partial charge in [0.05, 0.1) is 22.8 Å². The van der Waals surface area contributed by atoms with Crippen LogP contribution in [0.3, 0.4) is 0 Å². The molecule has 1 aromatic heterocycles. The molecule has 0 aliphatic heterocycles. The van der Waals surface area contributed by atoms with Gasteiger partial charge in [-0.25, -0.2) is 4.98 Å². The average molecular weight is 236 g/mol. The molecule has 1 aromatic carbocycles. The minimum Gasteiger partial charge on any atom is -0.389 e. The van der Waals surface area contributed by atoms with E-state index in [0.717, 1.165) is 0 Å². The number of para-hydroxylation sites is 1. The molecule has 0 fully saturated rings. The number of nitrogens with zero attached hydrogens (tertiary/aromatic N) is 2. The summed E-state index contributed by atoms with van der Waals surface area (Å²) in [4.78, 5) is 14.5. The van der Waals surface area contributed by atoms with Crippen LogP contribution in [0.15, 0.2) is 29.6 Å². The van der Waals surface area contributed by atoms with E-state index in [2.05, 4.69) is 4.98 Å². The third-order valence-corrected chi connectivity index (χ3v) is 2.90. The van der Waals surface area contributed by atoms with Crippen molar-refractivity contribution in [1.82, 2.24) is 4.98 Å². The molecule has 5 nitrogen and oxygen atoms in total. The molecule has 0 unspecified atom stereocenters. The van der Waals surface area contributed by atoms with Crippen molar-refractivity contribution >= 4 is 17.0 Å². The van der Waals surface area contributed by atoms with Gasteiger partial charge < -0.3 is 5.11 Å². The van der Waals surface area contributed by atoms with Crippen LogP contribution in [0.25, 0.3) is 11.3 Å². The number of aromatic nitrogens is 1. The van der Waals surface area contributed by atoms with E-state index in [9.17, 15) is 10.1 Å². The highest BCUT2D eigenvalue weighted by Crippen LogP contribution is 2.30. The smallest absolute Gasteiger partial charge is 0.278 e. The van der Waals surface area contributed by atoms with Crippen LogP contribution in [-0.2, 0) is 6.61 Å². The van der Waals surface area contributed by atoms with E-state index in [4.69, 9.17) is 5.11 Å². The summed E-state index contributed by atoms with van der Waals surface area (Å²) in [6, 6.07) is 6.42. The summed E-state index contributed by atoms with van der Waals surface area (Å²) in [6.45, 7) is -0.148. The van der Waals surface area contributed by atoms with Gasteiger partial charge in [-0.1, -0.05) is 12.1 Å². The minimum absolute atomic E-state index is 0.0253. The molecule has 0 aliphatic carbocycles. The summed E-state index contributed by atoms with van der Waals surface area (Å²) >= 11 is 1.28. The van der Waals surface area contributed by atoms with Gasteiger partial charge >= 0.3 is 0 Å². The Morgan fingerprint density at radius 3 is 2.81 bits per heavy atom. The summed E-state index contributed by atoms with van der Waals surface area (Å²) in [7, 11) is 0. The molecule has 6 heteroatoms. The lowest BCUT2D eigenvalue weighted by atomic mass is 10.1. The van der Waals surface area contributed by atoms with Gasteiger partial charge in [0.2, 0.25) is 0 Å². The summed E-state index contributed by atoms with van der Waals surface area (Å²) in [5.74, 6) is 0. The van der Waals surface area contributed by atoms with Crippen LogP contribution >= 0.6 is 11.3 Å². The lowest BCUT2D eigenvalue weighted by molar-refractivity contribution is -0.384. The number of aliphatic hydroxyl groups is 1. The molecule has 1 heterocycles. The number of aliphatic hydroxyl groups excluding tert-OH is 1. The average Bonchev–Trinajstić information content (AvgIpc) is 2.77. The van der Waals surface area contributed by atoms with Crippen LogP contribution in [0.4, 0.5) is 5.69 Å². The fraction of sp³-hybridized carbons (Fsp3) is 0.100.